The molecule has 0 aromatic heterocycles. The highest BCUT2D eigenvalue weighted by atomic mass is 32.2. The normalized spacial score (nSPS) is 10.5. The molecular weight excluding hydrogens is 398 g/mol. The number of hydrogen-bond donors (Lipinski definition) is 2. The number of thioether (sulfide) groups is 1. The quantitative estimate of drug-likeness (QED) is 0.432. The second-order valence-electron chi connectivity index (χ2n) is 6.88. The Morgan fingerprint density at radius 2 is 1.73 bits per heavy atom. The van der Waals surface area contributed by atoms with Gasteiger partial charge in [-0.05, 0) is 72.8 Å². The Balaban J connectivity index is 1.85. The summed E-state index contributed by atoms with van der Waals surface area (Å²) in [4.78, 5) is 25.7. The summed E-state index contributed by atoms with van der Waals surface area (Å²) in [5.41, 5.74) is 0.931. The first-order chi connectivity index (χ1) is 14.5. The number of ether oxygens (including phenoxy) is 1. The summed E-state index contributed by atoms with van der Waals surface area (Å²) in [7, 11) is 0. The molecule has 6 nitrogen and oxygen atoms in total. The minimum Gasteiger partial charge on any atom is -0.483 e. The average Bonchev–Trinajstić information content (AvgIpc) is 2.72. The van der Waals surface area contributed by atoms with Crippen molar-refractivity contribution >= 4 is 40.0 Å². The summed E-state index contributed by atoms with van der Waals surface area (Å²) < 4.78 is 5.71. The van der Waals surface area contributed by atoms with Crippen LogP contribution in [0.2, 0.25) is 0 Å². The number of nitrogens with zero attached hydrogens (tertiary/aromatic N) is 1. The first kappa shape index (κ1) is 21.2. The number of carbonyl (C=O) groups is 2. The number of carbonyl (C=O) groups excluding carboxylic acids is 2. The van der Waals surface area contributed by atoms with Crippen LogP contribution in [0.3, 0.4) is 0 Å². The Morgan fingerprint density at radius 1 is 1.07 bits per heavy atom. The summed E-state index contributed by atoms with van der Waals surface area (Å²) >= 11 is 1.05. The molecule has 0 bridgehead atoms. The highest BCUT2D eigenvalue weighted by Crippen LogP contribution is 2.27. The van der Waals surface area contributed by atoms with Gasteiger partial charge in [0, 0.05) is 16.6 Å². The summed E-state index contributed by atoms with van der Waals surface area (Å²) in [6, 6.07) is 18.1. The van der Waals surface area contributed by atoms with Crippen molar-refractivity contribution < 1.29 is 14.3 Å². The molecule has 0 aliphatic heterocycles. The minimum atomic E-state index is -0.347. The summed E-state index contributed by atoms with van der Waals surface area (Å²) in [6.07, 6.45) is 0. The molecule has 0 aliphatic rings. The molecule has 0 aliphatic carbocycles. The van der Waals surface area contributed by atoms with Gasteiger partial charge in [-0.2, -0.15) is 5.26 Å². The second-order valence-corrected chi connectivity index (χ2v) is 7.74. The number of thiocyanates is 1. The third kappa shape index (κ3) is 5.52. The molecule has 0 radical (unpaired) electrons. The van der Waals surface area contributed by atoms with Crippen LogP contribution in [0.15, 0.2) is 65.6 Å². The maximum Gasteiger partial charge on any atom is 0.259 e. The van der Waals surface area contributed by atoms with E-state index in [4.69, 9.17) is 10.00 Å². The van der Waals surface area contributed by atoms with Crippen LogP contribution in [0.5, 0.6) is 5.75 Å². The Labute approximate surface area is 179 Å². The zero-order valence-corrected chi connectivity index (χ0v) is 17.5. The van der Waals surface area contributed by atoms with Gasteiger partial charge in [0.1, 0.15) is 11.2 Å². The van der Waals surface area contributed by atoms with Crippen molar-refractivity contribution in [1.29, 1.82) is 5.26 Å². The molecule has 0 saturated carbocycles. The molecule has 2 amide bonds. The molecular formula is C23H21N3O3S. The molecule has 2 N–H and O–H groups in total. The van der Waals surface area contributed by atoms with Gasteiger partial charge in [-0.25, -0.2) is 0 Å². The number of nitrogens with one attached hydrogen (secondary N) is 2. The largest absolute Gasteiger partial charge is 0.483 e. The Kier molecular flexibility index (Phi) is 6.94. The molecule has 3 aromatic rings. The fraction of sp³-hybridized carbons (Fsp3) is 0.174. The lowest BCUT2D eigenvalue weighted by Crippen LogP contribution is -2.34. The summed E-state index contributed by atoms with van der Waals surface area (Å²) in [5.74, 6) is -0.266. The molecule has 0 heterocycles. The number of fused-ring (bicyclic) bond motifs is 1. The lowest BCUT2D eigenvalue weighted by Gasteiger charge is -2.14. The minimum absolute atomic E-state index is 0.00245. The third-order valence-electron chi connectivity index (χ3n) is 4.18. The highest BCUT2D eigenvalue weighted by Gasteiger charge is 2.16. The van der Waals surface area contributed by atoms with E-state index >= 15 is 0 Å². The molecule has 0 spiro atoms. The van der Waals surface area contributed by atoms with Gasteiger partial charge in [0.05, 0.1) is 5.56 Å². The Hall–Kier alpha value is -3.50. The zero-order chi connectivity index (χ0) is 21.5. The molecule has 0 atom stereocenters. The molecule has 0 unspecified atom stereocenters. The average molecular weight is 420 g/mol. The van der Waals surface area contributed by atoms with Crippen LogP contribution in [0.1, 0.15) is 24.2 Å². The lowest BCUT2D eigenvalue weighted by molar-refractivity contribution is -0.123. The number of rotatable bonds is 7. The predicted molar refractivity (Wildman–Crippen MR) is 119 cm³/mol. The van der Waals surface area contributed by atoms with E-state index in [1.807, 2.05) is 43.5 Å². The van der Waals surface area contributed by atoms with Crippen molar-refractivity contribution in [2.75, 3.05) is 11.9 Å². The van der Waals surface area contributed by atoms with E-state index in [1.54, 1.807) is 36.4 Å². The van der Waals surface area contributed by atoms with Gasteiger partial charge in [-0.15, -0.1) is 0 Å². The van der Waals surface area contributed by atoms with Gasteiger partial charge in [0.15, 0.2) is 6.61 Å². The fourth-order valence-corrected chi connectivity index (χ4v) is 3.26. The van der Waals surface area contributed by atoms with Crippen molar-refractivity contribution in [3.8, 4) is 11.2 Å². The van der Waals surface area contributed by atoms with Crippen molar-refractivity contribution in [3.05, 3.63) is 66.2 Å². The molecule has 7 heteroatoms. The summed E-state index contributed by atoms with van der Waals surface area (Å²) in [6.45, 7) is 3.55. The van der Waals surface area contributed by atoms with Gasteiger partial charge < -0.3 is 15.4 Å². The smallest absolute Gasteiger partial charge is 0.259 e. The van der Waals surface area contributed by atoms with Crippen molar-refractivity contribution in [1.82, 2.24) is 5.32 Å². The van der Waals surface area contributed by atoms with E-state index in [0.717, 1.165) is 27.4 Å². The third-order valence-corrected chi connectivity index (χ3v) is 4.78. The number of anilines is 1. The van der Waals surface area contributed by atoms with Crippen molar-refractivity contribution in [2.24, 2.45) is 0 Å². The van der Waals surface area contributed by atoms with Crippen LogP contribution in [0.25, 0.3) is 10.8 Å². The number of nitriles is 1. The predicted octanol–water partition coefficient (Wildman–Crippen LogP) is 4.57. The molecule has 30 heavy (non-hydrogen) atoms. The van der Waals surface area contributed by atoms with Crippen LogP contribution in [-0.4, -0.2) is 24.5 Å². The molecule has 3 aromatic carbocycles. The van der Waals surface area contributed by atoms with Crippen molar-refractivity contribution in [3.63, 3.8) is 0 Å². The standard InChI is InChI=1S/C23H21N3O3S/c1-15(2)25-22(27)13-29-21-12-17-6-4-3-5-16(17)11-20(21)23(28)26-18-7-9-19(10-8-18)30-14-24/h3-12,15H,13H2,1-2H3,(H,25,27)(H,26,28). The van der Waals surface area contributed by atoms with Crippen LogP contribution in [0, 0.1) is 10.7 Å². The molecule has 0 saturated heterocycles. The highest BCUT2D eigenvalue weighted by molar-refractivity contribution is 8.03. The zero-order valence-electron chi connectivity index (χ0n) is 16.6. The molecule has 3 rings (SSSR count). The van der Waals surface area contributed by atoms with Gasteiger partial charge in [-0.1, -0.05) is 24.3 Å². The maximum atomic E-state index is 13.0. The first-order valence-corrected chi connectivity index (χ1v) is 10.2. The van der Waals surface area contributed by atoms with E-state index in [0.29, 0.717) is 17.0 Å². The first-order valence-electron chi connectivity index (χ1n) is 9.38. The van der Waals surface area contributed by atoms with E-state index in [2.05, 4.69) is 10.6 Å². The number of hydrogen-bond acceptors (Lipinski definition) is 5. The number of benzene rings is 3. The van der Waals surface area contributed by atoms with Crippen LogP contribution >= 0.6 is 11.8 Å². The van der Waals surface area contributed by atoms with Gasteiger partial charge in [-0.3, -0.25) is 9.59 Å². The van der Waals surface area contributed by atoms with E-state index in [1.165, 1.54) is 0 Å². The van der Waals surface area contributed by atoms with E-state index < -0.39 is 0 Å². The lowest BCUT2D eigenvalue weighted by atomic mass is 10.1. The molecule has 0 fully saturated rings. The topological polar surface area (TPSA) is 91.2 Å². The van der Waals surface area contributed by atoms with Crippen molar-refractivity contribution in [2.45, 2.75) is 24.8 Å². The van der Waals surface area contributed by atoms with Gasteiger partial charge in [0.25, 0.3) is 11.8 Å². The van der Waals surface area contributed by atoms with Crippen LogP contribution in [0.4, 0.5) is 5.69 Å². The Morgan fingerprint density at radius 3 is 2.37 bits per heavy atom. The van der Waals surface area contributed by atoms with Crippen LogP contribution < -0.4 is 15.4 Å². The molecule has 152 valence electrons. The van der Waals surface area contributed by atoms with E-state index in [-0.39, 0.29) is 24.5 Å². The van der Waals surface area contributed by atoms with Gasteiger partial charge in [0.2, 0.25) is 0 Å². The Bertz CT molecular complexity index is 1100. The number of amides is 2. The monoisotopic (exact) mass is 419 g/mol. The second kappa shape index (κ2) is 9.81. The SMILES string of the molecule is CC(C)NC(=O)COc1cc2ccccc2cc1C(=O)Nc1ccc(SC#N)cc1. The van der Waals surface area contributed by atoms with Gasteiger partial charge >= 0.3 is 0 Å². The summed E-state index contributed by atoms with van der Waals surface area (Å²) in [5, 5.41) is 18.2. The van der Waals surface area contributed by atoms with Crippen LogP contribution in [-0.2, 0) is 4.79 Å². The fourth-order valence-electron chi connectivity index (χ4n) is 2.88. The maximum absolute atomic E-state index is 13.0. The van der Waals surface area contributed by atoms with E-state index in [9.17, 15) is 9.59 Å².